The van der Waals surface area contributed by atoms with Crippen molar-refractivity contribution in [1.82, 2.24) is 0 Å². The Labute approximate surface area is 451 Å². The van der Waals surface area contributed by atoms with Crippen LogP contribution in [0.2, 0.25) is 0 Å². The van der Waals surface area contributed by atoms with Gasteiger partial charge in [-0.25, -0.2) is 9.59 Å². The van der Waals surface area contributed by atoms with E-state index in [9.17, 15) is 19.8 Å². The average molecular weight is 1050 g/mol. The molecule has 0 unspecified atom stereocenters. The minimum atomic E-state index is -1.67. The molecular formula is C58H78B3NO14. The normalized spacial score (nSPS) is 15.6. The highest BCUT2D eigenvalue weighted by atomic mass is 16.7. The number of methoxy groups -OCH3 is 2. The van der Waals surface area contributed by atoms with E-state index in [0.29, 0.717) is 5.46 Å². The smallest absolute Gasteiger partial charge is 0.494 e. The van der Waals surface area contributed by atoms with Gasteiger partial charge in [-0.15, -0.1) is 0 Å². The van der Waals surface area contributed by atoms with Crippen molar-refractivity contribution in [3.05, 3.63) is 120 Å². The van der Waals surface area contributed by atoms with Crippen LogP contribution in [0.3, 0.4) is 0 Å². The predicted octanol–water partition coefficient (Wildman–Crippen LogP) is 9.71. The maximum absolute atomic E-state index is 11.6. The van der Waals surface area contributed by atoms with Crippen molar-refractivity contribution in [2.75, 3.05) is 32.3 Å². The van der Waals surface area contributed by atoms with E-state index in [1.807, 2.05) is 27.7 Å². The topological polar surface area (TPSA) is 192 Å². The van der Waals surface area contributed by atoms with Crippen LogP contribution in [0.25, 0.3) is 0 Å². The van der Waals surface area contributed by atoms with E-state index in [0.717, 1.165) is 66.1 Å². The van der Waals surface area contributed by atoms with Gasteiger partial charge in [0.15, 0.2) is 0 Å². The molecule has 2 heterocycles. The van der Waals surface area contributed by atoms with Crippen LogP contribution in [0.5, 0.6) is 23.0 Å². The van der Waals surface area contributed by atoms with Gasteiger partial charge in [0, 0.05) is 17.1 Å². The molecule has 2 aliphatic heterocycles. The Kier molecular flexibility index (Phi) is 21.9. The zero-order chi connectivity index (χ0) is 55.8. The molecule has 0 saturated carbocycles. The van der Waals surface area contributed by atoms with Gasteiger partial charge >= 0.3 is 33.3 Å². The van der Waals surface area contributed by atoms with Crippen molar-refractivity contribution in [3.63, 3.8) is 0 Å². The van der Waals surface area contributed by atoms with Gasteiger partial charge in [-0.3, -0.25) is 0 Å². The van der Waals surface area contributed by atoms with Gasteiger partial charge in [0.1, 0.15) is 34.1 Å². The Hall–Kier alpha value is -6.01. The first kappa shape index (κ1) is 60.9. The van der Waals surface area contributed by atoms with Gasteiger partial charge in [0.25, 0.3) is 0 Å². The molecular weight excluding hydrogens is 967 g/mol. The lowest BCUT2D eigenvalue weighted by Crippen LogP contribution is -2.41. The molecule has 4 N–H and O–H groups in total. The second kappa shape index (κ2) is 27.4. The molecule has 5 aromatic carbocycles. The Bertz CT molecular complexity index is 2540. The van der Waals surface area contributed by atoms with Crippen molar-refractivity contribution < 1.29 is 67.4 Å². The first-order valence-electron chi connectivity index (χ1n) is 26.2. The molecule has 18 heteroatoms. The number of hydrogen-bond donors (Lipinski definition) is 4. The number of carbonyl (C=O) groups excluding carboxylic acids is 2. The van der Waals surface area contributed by atoms with Crippen LogP contribution >= 0.6 is 0 Å². The van der Waals surface area contributed by atoms with E-state index in [4.69, 9.17) is 38.1 Å². The number of phenolic OH excluding ortho intramolecular Hbond substituents is 2. The molecule has 0 aliphatic carbocycles. The summed E-state index contributed by atoms with van der Waals surface area (Å²) in [6, 6.07) is 33.5. The van der Waals surface area contributed by atoms with Crippen LogP contribution in [-0.2, 0) is 28.1 Å². The predicted molar refractivity (Wildman–Crippen MR) is 301 cm³/mol. The van der Waals surface area contributed by atoms with E-state index in [1.165, 1.54) is 77.0 Å². The number of esters is 2. The number of rotatable bonds is 20. The van der Waals surface area contributed by atoms with Gasteiger partial charge in [-0.05, 0) is 170 Å². The minimum Gasteiger partial charge on any atom is -0.507 e. The summed E-state index contributed by atoms with van der Waals surface area (Å²) in [5.74, 6) is 0.0539. The summed E-state index contributed by atoms with van der Waals surface area (Å²) in [5.41, 5.74) is 3.38. The summed E-state index contributed by atoms with van der Waals surface area (Å²) in [5, 5.41) is 36.5. The number of benzene rings is 5. The molecule has 5 aromatic rings. The van der Waals surface area contributed by atoms with Crippen LogP contribution in [-0.4, -0.2) is 103 Å². The lowest BCUT2D eigenvalue weighted by molar-refractivity contribution is 0.00578. The fourth-order valence-corrected chi connectivity index (χ4v) is 7.97. The molecule has 408 valence electrons. The van der Waals surface area contributed by atoms with Crippen LogP contribution in [0.1, 0.15) is 141 Å². The van der Waals surface area contributed by atoms with Crippen molar-refractivity contribution in [3.8, 4) is 23.0 Å². The number of unbranched alkanes of at least 4 members (excludes halogenated alkanes) is 6. The molecule has 2 saturated heterocycles. The first-order valence-corrected chi connectivity index (χ1v) is 26.2. The monoisotopic (exact) mass is 1050 g/mol. The zero-order valence-corrected chi connectivity index (χ0v) is 46.5. The lowest BCUT2D eigenvalue weighted by atomic mass is 9.78. The molecule has 2 fully saturated rings. The highest BCUT2D eigenvalue weighted by Crippen LogP contribution is 2.39. The highest BCUT2D eigenvalue weighted by molar-refractivity contribution is 6.62. The Morgan fingerprint density at radius 2 is 0.895 bits per heavy atom. The fraction of sp³-hybridized carbons (Fsp3) is 0.448. The van der Waals surface area contributed by atoms with Gasteiger partial charge in [-0.2, -0.15) is 0 Å². The summed E-state index contributed by atoms with van der Waals surface area (Å²) >= 11 is 0. The Balaban J connectivity index is 0.000000257. The highest BCUT2D eigenvalue weighted by Gasteiger charge is 2.53. The largest absolute Gasteiger partial charge is 0.507 e. The van der Waals surface area contributed by atoms with Crippen LogP contribution < -0.4 is 30.8 Å². The number of aromatic hydroxyl groups is 2. The average Bonchev–Trinajstić information content (AvgIpc) is 3.76. The van der Waals surface area contributed by atoms with E-state index in [-0.39, 0.29) is 46.4 Å². The molecule has 0 bridgehead atoms. The van der Waals surface area contributed by atoms with E-state index < -0.39 is 37.4 Å². The van der Waals surface area contributed by atoms with E-state index >= 15 is 0 Å². The number of nitrogens with zero attached hydrogens (tertiary/aromatic N) is 1. The second-order valence-corrected chi connectivity index (χ2v) is 20.8. The maximum atomic E-state index is 11.6. The molecule has 0 aromatic heterocycles. The summed E-state index contributed by atoms with van der Waals surface area (Å²) in [6.07, 6.45) is 9.57. The third-order valence-corrected chi connectivity index (χ3v) is 14.1. The number of carbonyl (C=O) groups is 2. The number of anilines is 3. The number of phenols is 2. The Morgan fingerprint density at radius 3 is 1.29 bits per heavy atom. The fourth-order valence-electron chi connectivity index (χ4n) is 7.97. The van der Waals surface area contributed by atoms with Gasteiger partial charge in [0.05, 0.1) is 49.8 Å². The first-order chi connectivity index (χ1) is 36.0. The van der Waals surface area contributed by atoms with Gasteiger partial charge in [0.2, 0.25) is 0 Å². The minimum absolute atomic E-state index is 0.0168. The number of hydrogen-bond acceptors (Lipinski definition) is 15. The number of ether oxygens (including phenoxy) is 4. The standard InChI is InChI=1S/C36H50BNO4.C14H19BO5.C8H9BO5/c1-7-9-11-13-27-39-33-23-19-31(20-24-33)38(32-21-25-34(26-22-32)40-28-14-12-10-8-2)30-17-15-29(16-18-30)37-41-35(3,4)36(5,6)42-37;1-13(2)14(3,4)20-15(19-13)9-6-7-11(16)10(8-9)12(17)18-5;1-14-8(11)6-3-2-5(9(12)13)4-7(6)10/h15-26H,7-14,27-28H2,1-6H3;6-8,16H,1-5H3;2-4,10,12-13H,1H3. The van der Waals surface area contributed by atoms with Crippen LogP contribution in [0.4, 0.5) is 17.1 Å². The van der Waals surface area contributed by atoms with Crippen LogP contribution in [0.15, 0.2) is 109 Å². The van der Waals surface area contributed by atoms with Gasteiger partial charge < -0.3 is 62.7 Å². The summed E-state index contributed by atoms with van der Waals surface area (Å²) in [7, 11) is -0.184. The Morgan fingerprint density at radius 1 is 0.500 bits per heavy atom. The lowest BCUT2D eigenvalue weighted by Gasteiger charge is -2.32. The molecule has 0 spiro atoms. The van der Waals surface area contributed by atoms with E-state index in [2.05, 4.69) is 129 Å². The quantitative estimate of drug-likeness (QED) is 0.0327. The van der Waals surface area contributed by atoms with Crippen molar-refractivity contribution >= 4 is 66.7 Å². The SMILES string of the molecule is CCCCCCOc1ccc(N(c2ccc(OCCCCCC)cc2)c2ccc(B3OC(C)(C)C(C)(C)O3)cc2)cc1.COC(=O)c1cc(B2OC(C)(C)C(C)(C)O2)ccc1O.COC(=O)c1ccc(B(O)O)cc1O. The van der Waals surface area contributed by atoms with Crippen molar-refractivity contribution in [1.29, 1.82) is 0 Å². The van der Waals surface area contributed by atoms with Crippen molar-refractivity contribution in [2.45, 2.75) is 143 Å². The molecule has 0 radical (unpaired) electrons. The van der Waals surface area contributed by atoms with E-state index in [1.54, 1.807) is 6.07 Å². The van der Waals surface area contributed by atoms with Crippen LogP contribution in [0, 0.1) is 0 Å². The molecule has 0 atom stereocenters. The summed E-state index contributed by atoms with van der Waals surface area (Å²) in [4.78, 5) is 24.9. The second-order valence-electron chi connectivity index (χ2n) is 20.8. The summed E-state index contributed by atoms with van der Waals surface area (Å²) < 4.78 is 45.5. The van der Waals surface area contributed by atoms with Gasteiger partial charge in [-0.1, -0.05) is 76.6 Å². The molecule has 7 rings (SSSR count). The maximum Gasteiger partial charge on any atom is 0.494 e. The third-order valence-electron chi connectivity index (χ3n) is 14.1. The van der Waals surface area contributed by atoms with Crippen molar-refractivity contribution in [2.24, 2.45) is 0 Å². The third kappa shape index (κ3) is 16.0. The molecule has 2 aliphatic rings. The molecule has 0 amide bonds. The molecule has 76 heavy (non-hydrogen) atoms. The zero-order valence-electron chi connectivity index (χ0n) is 46.5. The summed E-state index contributed by atoms with van der Waals surface area (Å²) in [6.45, 7) is 22.1. The molecule has 15 nitrogen and oxygen atoms in total.